The average molecular weight is 344 g/mol. The van der Waals surface area contributed by atoms with Gasteiger partial charge in [-0.15, -0.1) is 30.3 Å². The third-order valence-electron chi connectivity index (χ3n) is 2.43. The van der Waals surface area contributed by atoms with Crippen molar-refractivity contribution in [1.29, 1.82) is 0 Å². The zero-order valence-corrected chi connectivity index (χ0v) is 13.2. The molecule has 12 heteroatoms. The lowest BCUT2D eigenvalue weighted by molar-refractivity contribution is 0.476. The SMILES string of the molecule is CCCCCCN(C)P1(F)=NP(F)(F)=NP(F)(F)=N1. The molecular formula is C7H16F5N4P3. The van der Waals surface area contributed by atoms with Crippen LogP contribution in [0.15, 0.2) is 13.5 Å². The Morgan fingerprint density at radius 3 is 1.95 bits per heavy atom. The molecule has 0 saturated carbocycles. The van der Waals surface area contributed by atoms with Crippen molar-refractivity contribution in [3.8, 4) is 0 Å². The summed E-state index contributed by atoms with van der Waals surface area (Å²) in [6, 6.07) is 0. The molecule has 0 amide bonds. The Bertz CT molecular complexity index is 474. The van der Waals surface area contributed by atoms with E-state index >= 15 is 0 Å². The minimum atomic E-state index is -5.59. The lowest BCUT2D eigenvalue weighted by Gasteiger charge is -2.25. The van der Waals surface area contributed by atoms with Gasteiger partial charge in [0.2, 0.25) is 0 Å². The Morgan fingerprint density at radius 1 is 0.842 bits per heavy atom. The lowest BCUT2D eigenvalue weighted by Crippen LogP contribution is -2.13. The van der Waals surface area contributed by atoms with E-state index in [0.29, 0.717) is 6.42 Å². The maximum atomic E-state index is 14.2. The molecule has 0 fully saturated rings. The van der Waals surface area contributed by atoms with Crippen molar-refractivity contribution in [2.45, 2.75) is 32.6 Å². The highest BCUT2D eigenvalue weighted by molar-refractivity contribution is 7.78. The third-order valence-corrected chi connectivity index (χ3v) is 8.76. The van der Waals surface area contributed by atoms with E-state index < -0.39 is 23.3 Å². The first-order chi connectivity index (χ1) is 8.60. The van der Waals surface area contributed by atoms with Crippen LogP contribution in [0.1, 0.15) is 32.6 Å². The summed E-state index contributed by atoms with van der Waals surface area (Å²) in [6.07, 6.45) is 3.19. The van der Waals surface area contributed by atoms with Gasteiger partial charge in [0.25, 0.3) is 0 Å². The minimum absolute atomic E-state index is 0.0806. The molecule has 1 aliphatic heterocycles. The number of halogens is 5. The van der Waals surface area contributed by atoms with Gasteiger partial charge in [0.15, 0.2) is 0 Å². The fourth-order valence-electron chi connectivity index (χ4n) is 1.49. The first-order valence-electron chi connectivity index (χ1n) is 5.72. The molecule has 4 nitrogen and oxygen atoms in total. The smallest absolute Gasteiger partial charge is 0.229 e. The first-order valence-corrected chi connectivity index (χ1v) is 10.2. The Hall–Kier alpha value is 0.300. The summed E-state index contributed by atoms with van der Waals surface area (Å²) >= 11 is 0. The summed E-state index contributed by atoms with van der Waals surface area (Å²) < 4.78 is 74.3. The largest absolute Gasteiger partial charge is 0.424 e. The molecule has 19 heavy (non-hydrogen) atoms. The van der Waals surface area contributed by atoms with E-state index in [1.165, 1.54) is 0 Å². The predicted octanol–water partition coefficient (Wildman–Crippen LogP) is 7.20. The van der Waals surface area contributed by atoms with Gasteiger partial charge >= 0.3 is 23.3 Å². The van der Waals surface area contributed by atoms with Crippen LogP contribution in [-0.4, -0.2) is 18.3 Å². The molecule has 0 N–H and O–H groups in total. The summed E-state index contributed by atoms with van der Waals surface area (Å²) in [4.78, 5) is 0. The molecule has 0 aromatic rings. The Kier molecular flexibility index (Phi) is 5.83. The molecule has 0 aromatic heterocycles. The number of hydrogen-bond acceptors (Lipinski definition) is 4. The van der Waals surface area contributed by atoms with E-state index in [0.717, 1.165) is 31.0 Å². The molecule has 1 unspecified atom stereocenters. The number of nitrogens with zero attached hydrogens (tertiary/aromatic N) is 4. The Morgan fingerprint density at radius 2 is 1.42 bits per heavy atom. The second kappa shape index (κ2) is 6.38. The summed E-state index contributed by atoms with van der Waals surface area (Å²) in [5.74, 6) is 0. The molecule has 0 aromatic carbocycles. The van der Waals surface area contributed by atoms with Gasteiger partial charge in [0.1, 0.15) is 0 Å². The van der Waals surface area contributed by atoms with Crippen molar-refractivity contribution < 1.29 is 21.0 Å². The second-order valence-electron chi connectivity index (χ2n) is 4.12. The minimum Gasteiger partial charge on any atom is -0.229 e. The first kappa shape index (κ1) is 17.4. The van der Waals surface area contributed by atoms with E-state index in [9.17, 15) is 21.0 Å². The van der Waals surface area contributed by atoms with Gasteiger partial charge in [-0.05, 0) is 13.5 Å². The van der Waals surface area contributed by atoms with Crippen LogP contribution in [0.3, 0.4) is 0 Å². The van der Waals surface area contributed by atoms with Crippen LogP contribution >= 0.6 is 23.3 Å². The van der Waals surface area contributed by atoms with E-state index in [2.05, 4.69) is 9.03 Å². The average Bonchev–Trinajstić information content (AvgIpc) is 2.18. The molecule has 0 radical (unpaired) electrons. The maximum Gasteiger partial charge on any atom is 0.424 e. The van der Waals surface area contributed by atoms with Crippen molar-refractivity contribution in [2.75, 3.05) is 13.6 Å². The van der Waals surface area contributed by atoms with Gasteiger partial charge in [-0.3, -0.25) is 0 Å². The van der Waals surface area contributed by atoms with Crippen molar-refractivity contribution in [2.24, 2.45) is 13.5 Å². The number of unbranched alkanes of at least 4 members (excludes halogenated alkanes) is 3. The van der Waals surface area contributed by atoms with Crippen LogP contribution in [0.5, 0.6) is 0 Å². The number of hydrogen-bond donors (Lipinski definition) is 0. The molecule has 0 bridgehead atoms. The van der Waals surface area contributed by atoms with Gasteiger partial charge in [-0.25, -0.2) is 4.67 Å². The highest BCUT2D eigenvalue weighted by Gasteiger charge is 2.41. The van der Waals surface area contributed by atoms with E-state index in [1.807, 2.05) is 11.4 Å². The molecule has 1 heterocycles. The van der Waals surface area contributed by atoms with Gasteiger partial charge in [-0.1, -0.05) is 26.2 Å². The van der Waals surface area contributed by atoms with Crippen LogP contribution in [0.2, 0.25) is 0 Å². The molecule has 0 saturated heterocycles. The standard InChI is InChI=1S/C7H16F5N4P3/c1-3-4-5-6-7-16(2)19(12)14-17(8,9)13-18(10,11)15-19/h3-7H2,1-2H3. The van der Waals surface area contributed by atoms with Crippen molar-refractivity contribution in [1.82, 2.24) is 4.67 Å². The highest BCUT2D eigenvalue weighted by atomic mass is 31.3. The number of rotatable bonds is 6. The quantitative estimate of drug-likeness (QED) is 0.285. The van der Waals surface area contributed by atoms with Gasteiger partial charge in [0, 0.05) is 6.54 Å². The molecule has 1 atom stereocenters. The van der Waals surface area contributed by atoms with Crippen LogP contribution < -0.4 is 0 Å². The summed E-state index contributed by atoms with van der Waals surface area (Å²) in [7, 11) is -14.7. The van der Waals surface area contributed by atoms with Crippen molar-refractivity contribution in [3.05, 3.63) is 0 Å². The zero-order chi connectivity index (χ0) is 14.7. The summed E-state index contributed by atoms with van der Waals surface area (Å²) in [6.45, 7) is 2.06. The topological polar surface area (TPSA) is 40.3 Å². The third kappa shape index (κ3) is 5.30. The monoisotopic (exact) mass is 344 g/mol. The molecule has 1 aliphatic rings. The van der Waals surface area contributed by atoms with Crippen LogP contribution in [0.25, 0.3) is 0 Å². The molecule has 0 spiro atoms. The molecular weight excluding hydrogens is 328 g/mol. The van der Waals surface area contributed by atoms with Gasteiger partial charge < -0.3 is 0 Å². The summed E-state index contributed by atoms with van der Waals surface area (Å²) in [5, 5.41) is 0. The van der Waals surface area contributed by atoms with E-state index in [4.69, 9.17) is 0 Å². The molecule has 114 valence electrons. The fourth-order valence-corrected chi connectivity index (χ4v) is 7.60. The Balaban J connectivity index is 2.89. The van der Waals surface area contributed by atoms with E-state index in [-0.39, 0.29) is 6.54 Å². The van der Waals surface area contributed by atoms with Crippen molar-refractivity contribution >= 4 is 23.3 Å². The van der Waals surface area contributed by atoms with Crippen LogP contribution in [0.4, 0.5) is 21.0 Å². The second-order valence-corrected chi connectivity index (χ2v) is 9.76. The lowest BCUT2D eigenvalue weighted by atomic mass is 10.2. The maximum absolute atomic E-state index is 14.2. The Labute approximate surface area is 109 Å². The van der Waals surface area contributed by atoms with Crippen molar-refractivity contribution in [3.63, 3.8) is 0 Å². The summed E-state index contributed by atoms with van der Waals surface area (Å²) in [5.41, 5.74) is 0. The van der Waals surface area contributed by atoms with Crippen LogP contribution in [0, 0.1) is 0 Å². The molecule has 1 rings (SSSR count). The predicted molar refractivity (Wildman–Crippen MR) is 70.4 cm³/mol. The fraction of sp³-hybridized carbons (Fsp3) is 1.00. The van der Waals surface area contributed by atoms with Gasteiger partial charge in [0.05, 0.1) is 0 Å². The molecule has 0 aliphatic carbocycles. The van der Waals surface area contributed by atoms with E-state index in [1.54, 1.807) is 0 Å². The highest BCUT2D eigenvalue weighted by Crippen LogP contribution is 2.82. The van der Waals surface area contributed by atoms with Gasteiger partial charge in [-0.2, -0.15) is 4.20 Å². The van der Waals surface area contributed by atoms with Crippen LogP contribution in [-0.2, 0) is 0 Å². The normalized spacial score (nSPS) is 28.4. The zero-order valence-electron chi connectivity index (χ0n) is 10.6.